The van der Waals surface area contributed by atoms with Gasteiger partial charge in [0, 0.05) is 30.7 Å². The molecule has 4 rings (SSSR count). The third-order valence-corrected chi connectivity index (χ3v) is 7.06. The zero-order chi connectivity index (χ0) is 21.1. The molecule has 5 nitrogen and oxygen atoms in total. The third-order valence-electron chi connectivity index (χ3n) is 7.06. The molecular weight excluding hydrogens is 376 g/mol. The number of Topliss-reactive ketones (excluding diaryl/α,β-unsaturated/α-hetero) is 1. The van der Waals surface area contributed by atoms with Crippen molar-refractivity contribution in [2.45, 2.75) is 51.7 Å². The van der Waals surface area contributed by atoms with E-state index < -0.39 is 0 Å². The van der Waals surface area contributed by atoms with E-state index in [9.17, 15) is 9.59 Å². The SMILES string of the molecule is C[C@@H]1CCC[N+]1(CCC1CCc2cc(OCc3ccccc3)ccc2C1=O)C(N)=O. The summed E-state index contributed by atoms with van der Waals surface area (Å²) in [6.07, 6.45) is 4.45. The second-order valence-corrected chi connectivity index (χ2v) is 8.79. The van der Waals surface area contributed by atoms with Crippen LogP contribution in [-0.2, 0) is 13.0 Å². The molecule has 2 aromatic rings. The van der Waals surface area contributed by atoms with Crippen molar-refractivity contribution in [1.82, 2.24) is 0 Å². The van der Waals surface area contributed by atoms with Gasteiger partial charge < -0.3 is 10.5 Å². The van der Waals surface area contributed by atoms with Gasteiger partial charge in [0.05, 0.1) is 19.1 Å². The molecule has 0 aromatic heterocycles. The van der Waals surface area contributed by atoms with Crippen molar-refractivity contribution in [3.63, 3.8) is 0 Å². The van der Waals surface area contributed by atoms with Gasteiger partial charge >= 0.3 is 6.03 Å². The number of urea groups is 1. The molecule has 1 heterocycles. The van der Waals surface area contributed by atoms with Crippen molar-refractivity contribution in [2.75, 3.05) is 13.1 Å². The van der Waals surface area contributed by atoms with Crippen LogP contribution >= 0.6 is 0 Å². The smallest absolute Gasteiger partial charge is 0.414 e. The average Bonchev–Trinajstić information content (AvgIpc) is 3.14. The van der Waals surface area contributed by atoms with Gasteiger partial charge in [0.15, 0.2) is 5.78 Å². The number of ketones is 1. The highest BCUT2D eigenvalue weighted by Gasteiger charge is 2.45. The van der Waals surface area contributed by atoms with E-state index in [1.165, 1.54) is 0 Å². The Hall–Kier alpha value is -2.66. The minimum Gasteiger partial charge on any atom is -0.489 e. The lowest BCUT2D eigenvalue weighted by molar-refractivity contribution is -0.860. The second kappa shape index (κ2) is 8.60. The predicted molar refractivity (Wildman–Crippen MR) is 116 cm³/mol. The van der Waals surface area contributed by atoms with Crippen molar-refractivity contribution < 1.29 is 18.8 Å². The molecule has 1 aliphatic heterocycles. The van der Waals surface area contributed by atoms with E-state index in [0.29, 0.717) is 17.6 Å². The molecule has 158 valence electrons. The molecule has 30 heavy (non-hydrogen) atoms. The molecule has 2 aliphatic rings. The number of likely N-dealkylation sites (tertiary alicyclic amines) is 1. The molecule has 1 aliphatic carbocycles. The van der Waals surface area contributed by atoms with Crippen LogP contribution in [0.3, 0.4) is 0 Å². The van der Waals surface area contributed by atoms with Gasteiger partial charge in [0.2, 0.25) is 0 Å². The first kappa shape index (κ1) is 20.6. The summed E-state index contributed by atoms with van der Waals surface area (Å²) in [5.74, 6) is 0.962. The maximum Gasteiger partial charge on any atom is 0.414 e. The number of carbonyl (C=O) groups excluding carboxylic acids is 2. The molecule has 2 N–H and O–H groups in total. The Bertz CT molecular complexity index is 927. The van der Waals surface area contributed by atoms with E-state index in [1.54, 1.807) is 0 Å². The van der Waals surface area contributed by atoms with Crippen LogP contribution in [0.15, 0.2) is 48.5 Å². The van der Waals surface area contributed by atoms with Gasteiger partial charge in [0.25, 0.3) is 0 Å². The maximum atomic E-state index is 13.1. The Labute approximate surface area is 178 Å². The highest BCUT2D eigenvalue weighted by Crippen LogP contribution is 2.33. The van der Waals surface area contributed by atoms with Crippen molar-refractivity contribution >= 4 is 11.8 Å². The molecule has 5 heteroatoms. The quantitative estimate of drug-likeness (QED) is 0.718. The first-order valence-electron chi connectivity index (χ1n) is 11.0. The summed E-state index contributed by atoms with van der Waals surface area (Å²) < 4.78 is 6.26. The molecule has 0 radical (unpaired) electrons. The van der Waals surface area contributed by atoms with E-state index in [1.807, 2.05) is 48.5 Å². The number of quaternary nitrogens is 1. The standard InChI is InChI=1S/C25H30N2O3/c1-18-6-5-14-27(18,25(26)29)15-13-20-9-10-21-16-22(11-12-23(21)24(20)28)30-17-19-7-3-2-4-8-19/h2-4,7-8,11-12,16,18,20H,5-6,9-10,13-15,17H2,1H3,(H-,26,29)/p+1/t18-,20?,27?/m1/s1. The Morgan fingerprint density at radius 2 is 1.97 bits per heavy atom. The third kappa shape index (κ3) is 3.99. The zero-order valence-electron chi connectivity index (χ0n) is 17.7. The first-order valence-corrected chi connectivity index (χ1v) is 11.0. The first-order chi connectivity index (χ1) is 14.5. The van der Waals surface area contributed by atoms with Crippen LogP contribution in [0.4, 0.5) is 4.79 Å². The Morgan fingerprint density at radius 1 is 1.17 bits per heavy atom. The van der Waals surface area contributed by atoms with Crippen LogP contribution in [0.25, 0.3) is 0 Å². The number of aryl methyl sites for hydroxylation is 1. The summed E-state index contributed by atoms with van der Waals surface area (Å²) in [6.45, 7) is 4.09. The lowest BCUT2D eigenvalue weighted by atomic mass is 9.81. The van der Waals surface area contributed by atoms with E-state index in [-0.39, 0.29) is 23.8 Å². The topological polar surface area (TPSA) is 69.4 Å². The summed E-state index contributed by atoms with van der Waals surface area (Å²) in [6, 6.07) is 15.9. The second-order valence-electron chi connectivity index (χ2n) is 8.79. The molecule has 0 bridgehead atoms. The molecule has 0 spiro atoms. The number of hydrogen-bond acceptors (Lipinski definition) is 3. The number of rotatable bonds is 6. The van der Waals surface area contributed by atoms with Crippen LogP contribution in [0.5, 0.6) is 5.75 Å². The van der Waals surface area contributed by atoms with Crippen molar-refractivity contribution in [3.8, 4) is 5.75 Å². The number of ether oxygens (including phenoxy) is 1. The molecule has 2 aromatic carbocycles. The summed E-state index contributed by atoms with van der Waals surface area (Å²) in [4.78, 5) is 25.3. The summed E-state index contributed by atoms with van der Waals surface area (Å²) in [5, 5.41) is 0. The maximum absolute atomic E-state index is 13.1. The number of fused-ring (bicyclic) bond motifs is 1. The van der Waals surface area contributed by atoms with Gasteiger partial charge in [0.1, 0.15) is 12.4 Å². The molecule has 0 saturated carbocycles. The Kier molecular flexibility index (Phi) is 5.91. The number of amides is 2. The average molecular weight is 408 g/mol. The van der Waals surface area contributed by atoms with Crippen LogP contribution in [0, 0.1) is 5.92 Å². The fraction of sp³-hybridized carbons (Fsp3) is 0.440. The highest BCUT2D eigenvalue weighted by atomic mass is 16.5. The number of nitrogens with two attached hydrogens (primary N) is 1. The largest absolute Gasteiger partial charge is 0.489 e. The summed E-state index contributed by atoms with van der Waals surface area (Å²) in [7, 11) is 0. The van der Waals surface area contributed by atoms with Gasteiger partial charge in [-0.25, -0.2) is 9.28 Å². The van der Waals surface area contributed by atoms with Gasteiger partial charge in [-0.15, -0.1) is 0 Å². The monoisotopic (exact) mass is 407 g/mol. The van der Waals surface area contributed by atoms with Crippen LogP contribution in [0.2, 0.25) is 0 Å². The van der Waals surface area contributed by atoms with Crippen molar-refractivity contribution in [2.24, 2.45) is 11.7 Å². The van der Waals surface area contributed by atoms with Crippen LogP contribution < -0.4 is 10.5 Å². The lowest BCUT2D eigenvalue weighted by Gasteiger charge is -2.35. The predicted octanol–water partition coefficient (Wildman–Crippen LogP) is 4.48. The Balaban J connectivity index is 1.40. The van der Waals surface area contributed by atoms with Gasteiger partial charge in [-0.3, -0.25) is 4.79 Å². The van der Waals surface area contributed by atoms with E-state index in [4.69, 9.17) is 10.5 Å². The summed E-state index contributed by atoms with van der Waals surface area (Å²) >= 11 is 0. The molecule has 1 saturated heterocycles. The fourth-order valence-electron chi connectivity index (χ4n) is 5.10. The minimum absolute atomic E-state index is 0.0317. The molecule has 2 amide bonds. The molecular formula is C25H31N2O3+. The van der Waals surface area contributed by atoms with E-state index >= 15 is 0 Å². The van der Waals surface area contributed by atoms with Gasteiger partial charge in [-0.2, -0.15) is 0 Å². The number of nitrogens with zero attached hydrogens (tertiary/aromatic N) is 1. The molecule has 2 unspecified atom stereocenters. The summed E-state index contributed by atoms with van der Waals surface area (Å²) in [5.41, 5.74) is 8.76. The minimum atomic E-state index is -0.246. The number of carbonyl (C=O) groups is 2. The van der Waals surface area contributed by atoms with E-state index in [0.717, 1.165) is 61.1 Å². The number of benzene rings is 2. The molecule has 3 atom stereocenters. The van der Waals surface area contributed by atoms with Gasteiger partial charge in [-0.05, 0) is 49.1 Å². The fourth-order valence-corrected chi connectivity index (χ4v) is 5.10. The molecule has 1 fully saturated rings. The van der Waals surface area contributed by atoms with Crippen LogP contribution in [0.1, 0.15) is 54.1 Å². The normalized spacial score (nSPS) is 25.7. The van der Waals surface area contributed by atoms with E-state index in [2.05, 4.69) is 6.92 Å². The zero-order valence-corrected chi connectivity index (χ0v) is 17.7. The Morgan fingerprint density at radius 3 is 2.67 bits per heavy atom. The van der Waals surface area contributed by atoms with Crippen molar-refractivity contribution in [1.29, 1.82) is 0 Å². The number of hydrogen-bond donors (Lipinski definition) is 1. The lowest BCUT2D eigenvalue weighted by Crippen LogP contribution is -2.58. The van der Waals surface area contributed by atoms with Crippen LogP contribution in [-0.4, -0.2) is 35.4 Å². The van der Waals surface area contributed by atoms with Gasteiger partial charge in [-0.1, -0.05) is 30.3 Å². The van der Waals surface area contributed by atoms with Crippen molar-refractivity contribution in [3.05, 3.63) is 65.2 Å². The highest BCUT2D eigenvalue weighted by molar-refractivity contribution is 6.00. The number of primary amides is 1.